The molecule has 0 radical (unpaired) electrons. The lowest BCUT2D eigenvalue weighted by Crippen LogP contribution is -2.28. The average molecular weight is 356 g/mol. The number of amidine groups is 1. The smallest absolute Gasteiger partial charge is 0.311 e. The van der Waals surface area contributed by atoms with Gasteiger partial charge in [-0.15, -0.1) is 0 Å². The molecule has 0 bridgehead atoms. The van der Waals surface area contributed by atoms with Gasteiger partial charge in [-0.3, -0.25) is 20.1 Å². The van der Waals surface area contributed by atoms with Crippen molar-refractivity contribution in [1.82, 2.24) is 9.88 Å². The number of aromatic nitrogens is 1. The Kier molecular flexibility index (Phi) is 3.84. The Bertz CT molecular complexity index is 858. The van der Waals surface area contributed by atoms with Crippen LogP contribution >= 0.6 is 11.8 Å². The number of pyridine rings is 1. The Morgan fingerprint density at radius 3 is 2.92 bits per heavy atom. The van der Waals surface area contributed by atoms with Gasteiger partial charge in [-0.1, -0.05) is 30.8 Å². The summed E-state index contributed by atoms with van der Waals surface area (Å²) in [6.45, 7) is 2.96. The lowest BCUT2D eigenvalue weighted by molar-refractivity contribution is -0.386. The van der Waals surface area contributed by atoms with Gasteiger partial charge in [-0.25, -0.2) is 0 Å². The molecule has 3 atom stereocenters. The van der Waals surface area contributed by atoms with E-state index in [2.05, 4.69) is 16.8 Å². The number of nitro groups is 1. The number of phenols is 1. The van der Waals surface area contributed by atoms with Crippen LogP contribution in [0.1, 0.15) is 30.3 Å². The third-order valence-corrected chi connectivity index (χ3v) is 5.52. The summed E-state index contributed by atoms with van der Waals surface area (Å²) in [6.07, 6.45) is 1.73. The number of phenolic OH excluding ortho intramolecular Hbond substituents is 1. The topological polar surface area (TPSA) is 91.9 Å². The van der Waals surface area contributed by atoms with Crippen molar-refractivity contribution in [2.24, 2.45) is 4.99 Å². The fraction of sp³-hybridized carbons (Fsp3) is 0.294. The van der Waals surface area contributed by atoms with Gasteiger partial charge >= 0.3 is 5.69 Å². The first-order chi connectivity index (χ1) is 12.0. The molecule has 7 nitrogen and oxygen atoms in total. The molecule has 1 fully saturated rings. The largest absolute Gasteiger partial charge is 0.502 e. The number of fused-ring (bicyclic) bond motifs is 1. The lowest BCUT2D eigenvalue weighted by Gasteiger charge is -2.27. The van der Waals surface area contributed by atoms with Gasteiger partial charge in [0.25, 0.3) is 0 Å². The maximum absolute atomic E-state index is 11.2. The summed E-state index contributed by atoms with van der Waals surface area (Å²) in [5.41, 5.74) is 1.30. The zero-order chi connectivity index (χ0) is 17.6. The highest BCUT2D eigenvalue weighted by molar-refractivity contribution is 8.14. The molecule has 128 valence electrons. The highest BCUT2D eigenvalue weighted by Gasteiger charge is 2.44. The van der Waals surface area contributed by atoms with Crippen molar-refractivity contribution >= 4 is 22.6 Å². The number of aliphatic imine (C=N–C) groups is 1. The number of nitrogens with zero attached hydrogens (tertiary/aromatic N) is 4. The van der Waals surface area contributed by atoms with Gasteiger partial charge in [-0.05, 0) is 23.8 Å². The number of nitro benzene ring substituents is 1. The predicted octanol–water partition coefficient (Wildman–Crippen LogP) is 3.28. The van der Waals surface area contributed by atoms with Crippen LogP contribution in [0.4, 0.5) is 5.69 Å². The average Bonchev–Trinajstić information content (AvgIpc) is 3.12. The molecule has 0 spiro atoms. The minimum absolute atomic E-state index is 0.165. The van der Waals surface area contributed by atoms with E-state index in [1.165, 1.54) is 12.1 Å². The maximum Gasteiger partial charge on any atom is 0.311 e. The molecule has 3 heterocycles. The quantitative estimate of drug-likeness (QED) is 0.670. The van der Waals surface area contributed by atoms with Crippen molar-refractivity contribution in [3.8, 4) is 5.75 Å². The van der Waals surface area contributed by atoms with E-state index in [0.29, 0.717) is 5.25 Å². The second-order valence-corrected chi connectivity index (χ2v) is 7.55. The summed E-state index contributed by atoms with van der Waals surface area (Å²) in [4.78, 5) is 22.1. The summed E-state index contributed by atoms with van der Waals surface area (Å²) in [5.74, 6) is -0.327. The molecule has 25 heavy (non-hydrogen) atoms. The molecule has 8 heteroatoms. The van der Waals surface area contributed by atoms with Crippen molar-refractivity contribution in [3.63, 3.8) is 0 Å². The molecule has 0 aliphatic carbocycles. The number of hydrogen-bond donors (Lipinski definition) is 1. The number of thioether (sulfide) groups is 1. The standard InChI is InChI=1S/C17H16N4O3S/c1-10-9-20-16(11-5-6-14(22)13(8-11)21(23)24)15(19-17(20)25-10)12-4-2-3-7-18-12/h2-8,10,15-16,22H,9H2,1H3. The molecule has 2 aromatic rings. The van der Waals surface area contributed by atoms with Gasteiger partial charge in [0, 0.05) is 24.1 Å². The van der Waals surface area contributed by atoms with E-state index in [1.807, 2.05) is 18.2 Å². The fourth-order valence-electron chi connectivity index (χ4n) is 3.35. The second-order valence-electron chi connectivity index (χ2n) is 6.14. The number of rotatable bonds is 3. The van der Waals surface area contributed by atoms with Gasteiger partial charge in [0.05, 0.1) is 16.7 Å². The second kappa shape index (κ2) is 6.03. The Labute approximate surface area is 148 Å². The molecule has 2 aliphatic rings. The summed E-state index contributed by atoms with van der Waals surface area (Å²) in [6, 6.07) is 9.86. The van der Waals surface area contributed by atoms with Crippen molar-refractivity contribution in [2.45, 2.75) is 24.3 Å². The van der Waals surface area contributed by atoms with E-state index in [0.717, 1.165) is 23.0 Å². The van der Waals surface area contributed by atoms with Crippen LogP contribution in [0.2, 0.25) is 0 Å². The van der Waals surface area contributed by atoms with Crippen molar-refractivity contribution in [3.05, 3.63) is 64.0 Å². The fourth-order valence-corrected chi connectivity index (χ4v) is 4.44. The minimum atomic E-state index is -0.563. The first-order valence-corrected chi connectivity index (χ1v) is 8.82. The Hall–Kier alpha value is -2.61. The molecular weight excluding hydrogens is 340 g/mol. The van der Waals surface area contributed by atoms with Crippen LogP contribution in [0.15, 0.2) is 47.6 Å². The highest BCUT2D eigenvalue weighted by atomic mass is 32.2. The molecule has 4 rings (SSSR count). The van der Waals surface area contributed by atoms with Crippen molar-refractivity contribution < 1.29 is 10.0 Å². The lowest BCUT2D eigenvalue weighted by atomic mass is 9.96. The Balaban J connectivity index is 1.80. The predicted molar refractivity (Wildman–Crippen MR) is 95.7 cm³/mol. The summed E-state index contributed by atoms with van der Waals surface area (Å²) in [5, 5.41) is 22.3. The van der Waals surface area contributed by atoms with E-state index in [4.69, 9.17) is 4.99 Å². The van der Waals surface area contributed by atoms with E-state index in [1.54, 1.807) is 24.0 Å². The van der Waals surface area contributed by atoms with Crippen LogP contribution in [0, 0.1) is 10.1 Å². The van der Waals surface area contributed by atoms with Crippen LogP contribution in [0.3, 0.4) is 0 Å². The van der Waals surface area contributed by atoms with E-state index in [-0.39, 0.29) is 23.5 Å². The molecule has 1 saturated heterocycles. The maximum atomic E-state index is 11.2. The molecule has 1 N–H and O–H groups in total. The molecular formula is C17H16N4O3S. The van der Waals surface area contributed by atoms with Crippen LogP contribution < -0.4 is 0 Å². The molecule has 0 saturated carbocycles. The normalized spacial score (nSPS) is 24.9. The number of benzene rings is 1. The van der Waals surface area contributed by atoms with Gasteiger partial charge < -0.3 is 10.0 Å². The Morgan fingerprint density at radius 2 is 2.20 bits per heavy atom. The summed E-state index contributed by atoms with van der Waals surface area (Å²) >= 11 is 1.71. The third-order valence-electron chi connectivity index (χ3n) is 4.42. The van der Waals surface area contributed by atoms with Crippen molar-refractivity contribution in [1.29, 1.82) is 0 Å². The molecule has 0 amide bonds. The van der Waals surface area contributed by atoms with Gasteiger partial charge in [0.2, 0.25) is 0 Å². The Morgan fingerprint density at radius 1 is 1.36 bits per heavy atom. The zero-order valence-corrected chi connectivity index (χ0v) is 14.3. The van der Waals surface area contributed by atoms with Gasteiger partial charge in [0.1, 0.15) is 6.04 Å². The van der Waals surface area contributed by atoms with E-state index in [9.17, 15) is 15.2 Å². The summed E-state index contributed by atoms with van der Waals surface area (Å²) in [7, 11) is 0. The molecule has 2 aliphatic heterocycles. The van der Waals surface area contributed by atoms with Crippen LogP contribution in [0.5, 0.6) is 5.75 Å². The van der Waals surface area contributed by atoms with Gasteiger partial charge in [-0.2, -0.15) is 0 Å². The van der Waals surface area contributed by atoms with Gasteiger partial charge in [0.15, 0.2) is 10.9 Å². The van der Waals surface area contributed by atoms with Crippen molar-refractivity contribution in [2.75, 3.05) is 6.54 Å². The van der Waals surface area contributed by atoms with Crippen LogP contribution in [0.25, 0.3) is 0 Å². The zero-order valence-electron chi connectivity index (χ0n) is 13.4. The summed E-state index contributed by atoms with van der Waals surface area (Å²) < 4.78 is 0. The molecule has 1 aromatic heterocycles. The first-order valence-electron chi connectivity index (χ1n) is 7.94. The first kappa shape index (κ1) is 15.9. The van der Waals surface area contributed by atoms with E-state index < -0.39 is 4.92 Å². The molecule has 3 unspecified atom stereocenters. The SMILES string of the molecule is CC1CN2C(=NC(c3ccccn3)C2c2ccc(O)c([N+](=O)[O-])c2)S1. The van der Waals surface area contributed by atoms with Crippen LogP contribution in [-0.4, -0.2) is 36.9 Å². The minimum Gasteiger partial charge on any atom is -0.502 e. The third kappa shape index (κ3) is 2.72. The number of hydrogen-bond acceptors (Lipinski definition) is 7. The van der Waals surface area contributed by atoms with Crippen LogP contribution in [-0.2, 0) is 0 Å². The monoisotopic (exact) mass is 356 g/mol. The van der Waals surface area contributed by atoms with E-state index >= 15 is 0 Å². The highest BCUT2D eigenvalue weighted by Crippen LogP contribution is 2.48. The molecule has 1 aromatic carbocycles. The number of aromatic hydroxyl groups is 1.